The molecule has 1 unspecified atom stereocenters. The molecule has 0 aliphatic rings. The lowest BCUT2D eigenvalue weighted by Gasteiger charge is -2.09. The molecule has 3 aromatic carbocycles. The van der Waals surface area contributed by atoms with Crippen molar-refractivity contribution in [2.45, 2.75) is 19.8 Å². The number of anilines is 2. The van der Waals surface area contributed by atoms with Crippen molar-refractivity contribution in [1.29, 1.82) is 0 Å². The van der Waals surface area contributed by atoms with E-state index in [1.165, 1.54) is 5.56 Å². The fourth-order valence-electron chi connectivity index (χ4n) is 3.73. The Morgan fingerprint density at radius 2 is 1.66 bits per heavy atom. The molecule has 0 fully saturated rings. The molecule has 1 aromatic heterocycles. The largest absolute Gasteiger partial charge is 0.396 e. The van der Waals surface area contributed by atoms with E-state index in [4.69, 9.17) is 5.11 Å². The van der Waals surface area contributed by atoms with Crippen LogP contribution in [0.25, 0.3) is 10.4 Å². The van der Waals surface area contributed by atoms with Crippen LogP contribution in [0.2, 0.25) is 0 Å². The Morgan fingerprint density at radius 3 is 2.41 bits per heavy atom. The second-order valence-corrected chi connectivity index (χ2v) is 9.08. The van der Waals surface area contributed by atoms with E-state index in [1.54, 1.807) is 11.3 Å². The predicted molar refractivity (Wildman–Crippen MR) is 134 cm³/mol. The molecule has 0 saturated heterocycles. The van der Waals surface area contributed by atoms with Gasteiger partial charge in [0, 0.05) is 28.8 Å². The average molecular weight is 442 g/mol. The van der Waals surface area contributed by atoms with Crippen LogP contribution >= 0.6 is 11.3 Å². The molecule has 2 N–H and O–H groups in total. The minimum Gasteiger partial charge on any atom is -0.396 e. The highest BCUT2D eigenvalue weighted by Gasteiger charge is 2.18. The first-order valence-corrected chi connectivity index (χ1v) is 11.7. The van der Waals surface area contributed by atoms with Gasteiger partial charge in [0.05, 0.1) is 4.88 Å². The number of hydrogen-bond donors (Lipinski definition) is 2. The van der Waals surface area contributed by atoms with E-state index in [1.807, 2.05) is 73.7 Å². The Hall–Kier alpha value is -3.21. The van der Waals surface area contributed by atoms with Crippen molar-refractivity contribution < 1.29 is 9.90 Å². The summed E-state index contributed by atoms with van der Waals surface area (Å²) in [4.78, 5) is 14.9. The minimum atomic E-state index is -0.0503. The van der Waals surface area contributed by atoms with Crippen LogP contribution in [0.15, 0.2) is 91.0 Å². The van der Waals surface area contributed by atoms with Crippen molar-refractivity contribution >= 4 is 28.5 Å². The Bertz CT molecular complexity index is 1170. The monoisotopic (exact) mass is 441 g/mol. The summed E-state index contributed by atoms with van der Waals surface area (Å²) >= 11 is 1.55. The van der Waals surface area contributed by atoms with E-state index in [9.17, 15) is 4.79 Å². The number of Topliss-reactive ketones (excluding diaryl/α,β-unsaturated/α-hetero) is 1. The maximum absolute atomic E-state index is 13.0. The summed E-state index contributed by atoms with van der Waals surface area (Å²) in [7, 11) is 0. The maximum Gasteiger partial charge on any atom is 0.175 e. The maximum atomic E-state index is 13.0. The molecular weight excluding hydrogens is 414 g/mol. The highest BCUT2D eigenvalue weighted by Crippen LogP contribution is 2.32. The van der Waals surface area contributed by atoms with Gasteiger partial charge < -0.3 is 10.4 Å². The zero-order valence-electron chi connectivity index (χ0n) is 18.1. The van der Waals surface area contributed by atoms with Gasteiger partial charge in [-0.2, -0.15) is 0 Å². The molecule has 3 nitrogen and oxygen atoms in total. The summed E-state index contributed by atoms with van der Waals surface area (Å²) in [6.45, 7) is 2.16. The normalized spacial score (nSPS) is 11.8. The fourth-order valence-corrected chi connectivity index (χ4v) is 4.79. The summed E-state index contributed by atoms with van der Waals surface area (Å²) in [6, 6.07) is 30.5. The van der Waals surface area contributed by atoms with E-state index in [-0.39, 0.29) is 18.3 Å². The van der Waals surface area contributed by atoms with Crippen LogP contribution in [0, 0.1) is 5.92 Å². The summed E-state index contributed by atoms with van der Waals surface area (Å²) < 4.78 is 0. The first-order valence-electron chi connectivity index (χ1n) is 10.9. The van der Waals surface area contributed by atoms with Gasteiger partial charge in [0.1, 0.15) is 0 Å². The summed E-state index contributed by atoms with van der Waals surface area (Å²) in [6.07, 6.45) is 1.42. The molecule has 0 aliphatic carbocycles. The molecule has 32 heavy (non-hydrogen) atoms. The Labute approximate surface area is 193 Å². The first-order chi connectivity index (χ1) is 15.6. The third-order valence-electron chi connectivity index (χ3n) is 5.47. The van der Waals surface area contributed by atoms with E-state index in [0.29, 0.717) is 6.42 Å². The zero-order chi connectivity index (χ0) is 22.3. The van der Waals surface area contributed by atoms with Gasteiger partial charge in [0.2, 0.25) is 0 Å². The number of ketones is 1. The first kappa shape index (κ1) is 22.0. The molecule has 0 saturated carbocycles. The molecule has 162 valence electrons. The van der Waals surface area contributed by atoms with Crippen molar-refractivity contribution in [1.82, 2.24) is 0 Å². The lowest BCUT2D eigenvalue weighted by molar-refractivity contribution is 0.0933. The zero-order valence-corrected chi connectivity index (χ0v) is 18.9. The second-order valence-electron chi connectivity index (χ2n) is 8.00. The number of carbonyl (C=O) groups is 1. The Kier molecular flexibility index (Phi) is 7.15. The summed E-state index contributed by atoms with van der Waals surface area (Å²) in [5.74, 6) is 0.146. The molecule has 0 aliphatic heterocycles. The topological polar surface area (TPSA) is 49.3 Å². The molecule has 4 rings (SSSR count). The smallest absolute Gasteiger partial charge is 0.175 e. The molecule has 4 aromatic rings. The molecular formula is C28H27NO2S. The predicted octanol–water partition coefficient (Wildman–Crippen LogP) is 6.76. The number of carbonyl (C=O) groups excluding carboxylic acids is 1. The van der Waals surface area contributed by atoms with Gasteiger partial charge in [0.15, 0.2) is 5.78 Å². The number of nitrogens with one attached hydrogen (secondary N) is 1. The van der Waals surface area contributed by atoms with Crippen molar-refractivity contribution in [2.24, 2.45) is 5.92 Å². The van der Waals surface area contributed by atoms with Crippen molar-refractivity contribution in [3.05, 3.63) is 107 Å². The second kappa shape index (κ2) is 10.4. The molecule has 1 heterocycles. The van der Waals surface area contributed by atoms with E-state index < -0.39 is 0 Å². The lowest BCUT2D eigenvalue weighted by atomic mass is 9.96. The van der Waals surface area contributed by atoms with Gasteiger partial charge in [0.25, 0.3) is 0 Å². The van der Waals surface area contributed by atoms with Crippen molar-refractivity contribution in [3.63, 3.8) is 0 Å². The fraction of sp³-hybridized carbons (Fsp3) is 0.179. The number of aliphatic hydroxyl groups is 1. The molecule has 0 bridgehead atoms. The van der Waals surface area contributed by atoms with Gasteiger partial charge in [-0.15, -0.1) is 11.3 Å². The van der Waals surface area contributed by atoms with Crippen LogP contribution in [0.4, 0.5) is 11.4 Å². The van der Waals surface area contributed by atoms with Crippen LogP contribution in [-0.4, -0.2) is 17.5 Å². The molecule has 1 atom stereocenters. The summed E-state index contributed by atoms with van der Waals surface area (Å²) in [5, 5.41) is 12.5. The number of aliphatic hydroxyl groups excluding tert-OH is 1. The van der Waals surface area contributed by atoms with Crippen LogP contribution in [0.5, 0.6) is 0 Å². The number of hydrogen-bond acceptors (Lipinski definition) is 4. The molecule has 4 heteroatoms. The standard InChI is InChI=1S/C28H27NO2S/c1-20(18-22-6-3-2-4-7-22)28(31)27-15-14-26(32-27)23-8-5-9-25(19-23)29-24-12-10-21(11-13-24)16-17-30/h2-15,19-20,29-30H,16-18H2,1H3. The van der Waals surface area contributed by atoms with E-state index >= 15 is 0 Å². The highest BCUT2D eigenvalue weighted by molar-refractivity contribution is 7.17. The van der Waals surface area contributed by atoms with Gasteiger partial charge in [-0.1, -0.05) is 61.5 Å². The number of rotatable bonds is 9. The van der Waals surface area contributed by atoms with Crippen LogP contribution < -0.4 is 5.32 Å². The van der Waals surface area contributed by atoms with Crippen molar-refractivity contribution in [3.8, 4) is 10.4 Å². The molecule has 0 amide bonds. The van der Waals surface area contributed by atoms with E-state index in [0.717, 1.165) is 38.7 Å². The third-order valence-corrected chi connectivity index (χ3v) is 6.62. The van der Waals surface area contributed by atoms with Gasteiger partial charge in [-0.05, 0) is 65.9 Å². The Balaban J connectivity index is 1.45. The summed E-state index contributed by atoms with van der Waals surface area (Å²) in [5.41, 5.74) is 5.39. The SMILES string of the molecule is CC(Cc1ccccc1)C(=O)c1ccc(-c2cccc(Nc3ccc(CCO)cc3)c2)s1. The van der Waals surface area contributed by atoms with Crippen LogP contribution in [0.1, 0.15) is 27.7 Å². The Morgan fingerprint density at radius 1 is 0.875 bits per heavy atom. The van der Waals surface area contributed by atoms with E-state index in [2.05, 4.69) is 29.6 Å². The third kappa shape index (κ3) is 5.52. The molecule has 0 spiro atoms. The van der Waals surface area contributed by atoms with Gasteiger partial charge >= 0.3 is 0 Å². The number of thiophene rings is 1. The quantitative estimate of drug-likeness (QED) is 0.282. The average Bonchev–Trinajstić information content (AvgIpc) is 3.31. The molecule has 0 radical (unpaired) electrons. The number of benzene rings is 3. The van der Waals surface area contributed by atoms with Gasteiger partial charge in [-0.3, -0.25) is 4.79 Å². The highest BCUT2D eigenvalue weighted by atomic mass is 32.1. The van der Waals surface area contributed by atoms with Crippen LogP contribution in [0.3, 0.4) is 0 Å². The minimum absolute atomic E-state index is 0.0503. The van der Waals surface area contributed by atoms with Crippen LogP contribution in [-0.2, 0) is 12.8 Å². The van der Waals surface area contributed by atoms with Gasteiger partial charge in [-0.25, -0.2) is 0 Å². The van der Waals surface area contributed by atoms with Crippen molar-refractivity contribution in [2.75, 3.05) is 11.9 Å². The lowest BCUT2D eigenvalue weighted by Crippen LogP contribution is -2.12.